The Balaban J connectivity index is 2.73. The monoisotopic (exact) mass is 276 g/mol. The molecule has 0 fully saturated rings. The minimum Gasteiger partial charge on any atom is -0.296 e. The van der Waals surface area contributed by atoms with Gasteiger partial charge in [-0.15, -0.1) is 0 Å². The molecule has 0 aliphatic rings. The van der Waals surface area contributed by atoms with Crippen LogP contribution in [0.3, 0.4) is 0 Å². The van der Waals surface area contributed by atoms with Gasteiger partial charge >= 0.3 is 0 Å². The number of nitrogens with one attached hydrogen (secondary N) is 2. The zero-order valence-electron chi connectivity index (χ0n) is 11.6. The Hall–Kier alpha value is -2.44. The lowest BCUT2D eigenvalue weighted by Crippen LogP contribution is -2.17. The number of fused-ring (bicyclic) bond motifs is 1. The molecule has 0 saturated carbocycles. The molecule has 2 heterocycles. The van der Waals surface area contributed by atoms with Crippen LogP contribution in [0.25, 0.3) is 11.0 Å². The lowest BCUT2D eigenvalue weighted by Gasteiger charge is -2.02. The summed E-state index contributed by atoms with van der Waals surface area (Å²) < 4.78 is 1.33. The molecule has 2 N–H and O–H groups in total. The first-order chi connectivity index (χ1) is 9.43. The predicted molar refractivity (Wildman–Crippen MR) is 75.0 cm³/mol. The van der Waals surface area contributed by atoms with E-state index in [4.69, 9.17) is 0 Å². The Labute approximate surface area is 115 Å². The molecule has 1 amide bonds. The summed E-state index contributed by atoms with van der Waals surface area (Å²) in [5.74, 6) is -0.537. The molecule has 2 rings (SSSR count). The van der Waals surface area contributed by atoms with Crippen LogP contribution in [0, 0.1) is 0 Å². The van der Waals surface area contributed by atoms with Gasteiger partial charge in [-0.3, -0.25) is 29.3 Å². The number of amides is 1. The Morgan fingerprint density at radius 3 is 2.65 bits per heavy atom. The molecule has 0 atom stereocenters. The SMILES string of the molecule is CCCc1cn(C(C)=O)c2nc(NC(C)=O)[nH]c(=O)c12. The van der Waals surface area contributed by atoms with Crippen LogP contribution in [-0.2, 0) is 11.2 Å². The summed E-state index contributed by atoms with van der Waals surface area (Å²) in [4.78, 5) is 41.5. The van der Waals surface area contributed by atoms with Gasteiger partial charge in [-0.1, -0.05) is 13.3 Å². The van der Waals surface area contributed by atoms with Gasteiger partial charge in [0, 0.05) is 20.0 Å². The fourth-order valence-electron chi connectivity index (χ4n) is 2.13. The summed E-state index contributed by atoms with van der Waals surface area (Å²) in [6.07, 6.45) is 3.17. The molecule has 0 saturated heterocycles. The number of aromatic nitrogens is 3. The number of nitrogens with zero attached hydrogens (tertiary/aromatic N) is 2. The quantitative estimate of drug-likeness (QED) is 0.882. The summed E-state index contributed by atoms with van der Waals surface area (Å²) in [6, 6.07) is 0. The zero-order chi connectivity index (χ0) is 14.9. The van der Waals surface area contributed by atoms with Crippen molar-refractivity contribution in [2.45, 2.75) is 33.6 Å². The van der Waals surface area contributed by atoms with Crippen LogP contribution in [0.1, 0.15) is 37.6 Å². The van der Waals surface area contributed by atoms with Gasteiger partial charge in [0.15, 0.2) is 5.65 Å². The Kier molecular flexibility index (Phi) is 3.69. The minimum atomic E-state index is -0.359. The maximum absolute atomic E-state index is 12.1. The number of hydrogen-bond acceptors (Lipinski definition) is 4. The van der Waals surface area contributed by atoms with E-state index < -0.39 is 0 Å². The summed E-state index contributed by atoms with van der Waals surface area (Å²) in [5.41, 5.74) is 0.691. The highest BCUT2D eigenvalue weighted by Gasteiger charge is 2.16. The molecule has 106 valence electrons. The minimum absolute atomic E-state index is 0.0404. The second kappa shape index (κ2) is 5.28. The fourth-order valence-corrected chi connectivity index (χ4v) is 2.13. The molecule has 0 unspecified atom stereocenters. The van der Waals surface area contributed by atoms with E-state index in [1.807, 2.05) is 6.92 Å². The number of aryl methyl sites for hydroxylation is 1. The first-order valence-electron chi connectivity index (χ1n) is 6.36. The summed E-state index contributed by atoms with van der Waals surface area (Å²) in [7, 11) is 0. The van der Waals surface area contributed by atoms with E-state index in [-0.39, 0.29) is 29.0 Å². The Morgan fingerprint density at radius 1 is 1.40 bits per heavy atom. The molecule has 2 aromatic heterocycles. The van der Waals surface area contributed by atoms with E-state index >= 15 is 0 Å². The van der Waals surface area contributed by atoms with E-state index in [0.29, 0.717) is 11.8 Å². The molecule has 0 aliphatic carbocycles. The van der Waals surface area contributed by atoms with Gasteiger partial charge in [-0.05, 0) is 12.0 Å². The second-order valence-electron chi connectivity index (χ2n) is 4.59. The maximum atomic E-state index is 12.1. The standard InChI is InChI=1S/C13H16N4O3/c1-4-5-9-6-17(8(3)19)11-10(9)12(20)16-13(15-11)14-7(2)18/h6H,4-5H2,1-3H3,(H2,14,15,16,18,20). The van der Waals surface area contributed by atoms with Crippen molar-refractivity contribution in [3.8, 4) is 0 Å². The Morgan fingerprint density at radius 2 is 2.10 bits per heavy atom. The van der Waals surface area contributed by atoms with Crippen LogP contribution in [0.5, 0.6) is 0 Å². The smallest absolute Gasteiger partial charge is 0.262 e. The zero-order valence-corrected chi connectivity index (χ0v) is 11.6. The van der Waals surface area contributed by atoms with E-state index in [0.717, 1.165) is 12.0 Å². The first kappa shape index (κ1) is 14.0. The van der Waals surface area contributed by atoms with Crippen molar-refractivity contribution in [3.05, 3.63) is 22.1 Å². The molecule has 0 aliphatic heterocycles. The number of H-pyrrole nitrogens is 1. The molecule has 0 spiro atoms. The average molecular weight is 276 g/mol. The van der Waals surface area contributed by atoms with Gasteiger partial charge < -0.3 is 0 Å². The van der Waals surface area contributed by atoms with Crippen LogP contribution < -0.4 is 10.9 Å². The second-order valence-corrected chi connectivity index (χ2v) is 4.59. The molecule has 20 heavy (non-hydrogen) atoms. The van der Waals surface area contributed by atoms with Crippen molar-refractivity contribution < 1.29 is 9.59 Å². The van der Waals surface area contributed by atoms with Crippen LogP contribution in [0.4, 0.5) is 5.95 Å². The summed E-state index contributed by atoms with van der Waals surface area (Å²) in [6.45, 7) is 4.71. The molecular formula is C13H16N4O3. The molecule has 7 nitrogen and oxygen atoms in total. The predicted octanol–water partition coefficient (Wildman–Crippen LogP) is 1.30. The largest absolute Gasteiger partial charge is 0.296 e. The van der Waals surface area contributed by atoms with Crippen molar-refractivity contribution in [3.63, 3.8) is 0 Å². The lowest BCUT2D eigenvalue weighted by atomic mass is 10.1. The normalized spacial score (nSPS) is 10.8. The summed E-state index contributed by atoms with van der Waals surface area (Å²) >= 11 is 0. The molecule has 2 aromatic rings. The van der Waals surface area contributed by atoms with Gasteiger partial charge in [0.2, 0.25) is 17.8 Å². The van der Waals surface area contributed by atoms with Crippen molar-refractivity contribution in [1.29, 1.82) is 0 Å². The summed E-state index contributed by atoms with van der Waals surface area (Å²) in [5, 5.41) is 2.81. The van der Waals surface area contributed by atoms with Gasteiger partial charge in [-0.25, -0.2) is 0 Å². The van der Waals surface area contributed by atoms with E-state index in [1.165, 1.54) is 18.4 Å². The topological polar surface area (TPSA) is 96.8 Å². The Bertz CT molecular complexity index is 742. The van der Waals surface area contributed by atoms with Gasteiger partial charge in [0.05, 0.1) is 5.39 Å². The van der Waals surface area contributed by atoms with E-state index in [2.05, 4.69) is 15.3 Å². The van der Waals surface area contributed by atoms with Crippen LogP contribution in [0.2, 0.25) is 0 Å². The maximum Gasteiger partial charge on any atom is 0.262 e. The number of rotatable bonds is 3. The number of carbonyl (C=O) groups excluding carboxylic acids is 2. The highest BCUT2D eigenvalue weighted by molar-refractivity contribution is 5.92. The first-order valence-corrected chi connectivity index (χ1v) is 6.36. The molecule has 0 aromatic carbocycles. The third-order valence-corrected chi connectivity index (χ3v) is 2.89. The lowest BCUT2D eigenvalue weighted by molar-refractivity contribution is -0.114. The highest BCUT2D eigenvalue weighted by Crippen LogP contribution is 2.18. The average Bonchev–Trinajstić information content (AvgIpc) is 2.68. The number of carbonyl (C=O) groups is 2. The van der Waals surface area contributed by atoms with Gasteiger partial charge in [-0.2, -0.15) is 4.98 Å². The van der Waals surface area contributed by atoms with Crippen LogP contribution in [0.15, 0.2) is 11.0 Å². The molecule has 0 bridgehead atoms. The number of anilines is 1. The third kappa shape index (κ3) is 2.47. The molecular weight excluding hydrogens is 260 g/mol. The van der Waals surface area contributed by atoms with Gasteiger partial charge in [0.25, 0.3) is 5.56 Å². The van der Waals surface area contributed by atoms with Crippen LogP contribution >= 0.6 is 0 Å². The fraction of sp³-hybridized carbons (Fsp3) is 0.385. The number of aromatic amines is 1. The number of hydrogen-bond donors (Lipinski definition) is 2. The van der Waals surface area contributed by atoms with E-state index in [1.54, 1.807) is 6.20 Å². The van der Waals surface area contributed by atoms with Crippen molar-refractivity contribution in [2.75, 3.05) is 5.32 Å². The highest BCUT2D eigenvalue weighted by atomic mass is 16.2. The van der Waals surface area contributed by atoms with E-state index in [9.17, 15) is 14.4 Å². The van der Waals surface area contributed by atoms with Crippen molar-refractivity contribution in [2.24, 2.45) is 0 Å². The van der Waals surface area contributed by atoms with Crippen molar-refractivity contribution in [1.82, 2.24) is 14.5 Å². The molecule has 7 heteroatoms. The van der Waals surface area contributed by atoms with Crippen molar-refractivity contribution >= 4 is 28.8 Å². The van der Waals surface area contributed by atoms with Crippen LogP contribution in [-0.4, -0.2) is 26.3 Å². The third-order valence-electron chi connectivity index (χ3n) is 2.89. The molecule has 0 radical (unpaired) electrons. The van der Waals surface area contributed by atoms with Gasteiger partial charge in [0.1, 0.15) is 0 Å².